The predicted molar refractivity (Wildman–Crippen MR) is 35.9 cm³/mol. The van der Waals surface area contributed by atoms with Crippen LogP contribution in [0, 0.1) is 0 Å². The molecule has 0 aromatic rings. The van der Waals surface area contributed by atoms with Gasteiger partial charge in [-0.15, -0.1) is 0 Å². The molecule has 0 saturated carbocycles. The van der Waals surface area contributed by atoms with Crippen molar-refractivity contribution in [1.82, 2.24) is 0 Å². The van der Waals surface area contributed by atoms with Crippen LogP contribution >= 0.6 is 0 Å². The van der Waals surface area contributed by atoms with Crippen LogP contribution in [0.4, 0.5) is 0 Å². The second-order valence-electron chi connectivity index (χ2n) is 2.52. The molecule has 4 N–H and O–H groups in total. The average Bonchev–Trinajstić information content (AvgIpc) is 2.00. The van der Waals surface area contributed by atoms with E-state index in [1.807, 2.05) is 0 Å². The smallest absolute Gasteiger partial charge is 0.547 e. The van der Waals surface area contributed by atoms with Gasteiger partial charge in [-0.25, -0.2) is 4.79 Å². The molecule has 0 aliphatic carbocycles. The molecule has 9 heteroatoms. The maximum absolute atomic E-state index is 10.3. The van der Waals surface area contributed by atoms with Gasteiger partial charge in [-0.3, -0.25) is 4.79 Å². The van der Waals surface area contributed by atoms with Crippen LogP contribution in [0.25, 0.3) is 0 Å². The van der Waals surface area contributed by atoms with Gasteiger partial charge in [0.15, 0.2) is 0 Å². The van der Waals surface area contributed by atoms with Crippen molar-refractivity contribution in [2.24, 2.45) is 0 Å². The molecular formula is C6H7KO8. The van der Waals surface area contributed by atoms with Crippen molar-refractivity contribution in [2.45, 2.75) is 18.1 Å². The van der Waals surface area contributed by atoms with Gasteiger partial charge in [0, 0.05) is 0 Å². The molecule has 0 aliphatic heterocycles. The monoisotopic (exact) mass is 246 g/mol. The van der Waals surface area contributed by atoms with Crippen LogP contribution in [0.15, 0.2) is 0 Å². The number of carbonyl (C=O) groups is 3. The van der Waals surface area contributed by atoms with Gasteiger partial charge in [-0.1, -0.05) is 0 Å². The maximum Gasteiger partial charge on any atom is 1.00 e. The first-order chi connectivity index (χ1) is 6.21. The third-order valence-electron chi connectivity index (χ3n) is 1.47. The van der Waals surface area contributed by atoms with Gasteiger partial charge in [0.25, 0.3) is 0 Å². The molecular weight excluding hydrogens is 239 g/mol. The SMILES string of the molecule is O=C(O)CC(O)(C(=O)O)C(O)C(=O)[O-].[K+]. The largest absolute Gasteiger partial charge is 1.00 e. The molecule has 0 aliphatic rings. The summed E-state index contributed by atoms with van der Waals surface area (Å²) in [5.74, 6) is -6.19. The molecule has 15 heavy (non-hydrogen) atoms. The van der Waals surface area contributed by atoms with Gasteiger partial charge in [0.1, 0.15) is 6.10 Å². The maximum atomic E-state index is 10.3. The Morgan fingerprint density at radius 1 is 1.27 bits per heavy atom. The fraction of sp³-hybridized carbons (Fsp3) is 0.500. The first kappa shape index (κ1) is 17.4. The van der Waals surface area contributed by atoms with Gasteiger partial charge >= 0.3 is 63.3 Å². The van der Waals surface area contributed by atoms with Gasteiger partial charge < -0.3 is 30.3 Å². The molecule has 0 amide bonds. The summed E-state index contributed by atoms with van der Waals surface area (Å²) < 4.78 is 0. The number of aliphatic hydroxyl groups excluding tert-OH is 1. The number of rotatable bonds is 5. The van der Waals surface area contributed by atoms with Crippen LogP contribution in [-0.4, -0.2) is 50.0 Å². The van der Waals surface area contributed by atoms with Crippen molar-refractivity contribution in [1.29, 1.82) is 0 Å². The number of hydrogen-bond donors (Lipinski definition) is 4. The van der Waals surface area contributed by atoms with Crippen LogP contribution in [0.1, 0.15) is 6.42 Å². The van der Waals surface area contributed by atoms with E-state index in [0.717, 1.165) is 0 Å². The molecule has 2 unspecified atom stereocenters. The molecule has 0 heterocycles. The van der Waals surface area contributed by atoms with E-state index >= 15 is 0 Å². The Morgan fingerprint density at radius 3 is 1.87 bits per heavy atom. The molecule has 8 nitrogen and oxygen atoms in total. The Balaban J connectivity index is 0. The number of aliphatic carboxylic acids is 3. The van der Waals surface area contributed by atoms with Crippen molar-refractivity contribution < 1.29 is 91.3 Å². The first-order valence-electron chi connectivity index (χ1n) is 3.28. The summed E-state index contributed by atoms with van der Waals surface area (Å²) in [6, 6.07) is 0. The fourth-order valence-corrected chi connectivity index (χ4v) is 0.715. The Morgan fingerprint density at radius 2 is 1.67 bits per heavy atom. The summed E-state index contributed by atoms with van der Waals surface area (Å²) in [5, 5.41) is 44.3. The third kappa shape index (κ3) is 4.55. The minimum Gasteiger partial charge on any atom is -0.547 e. The Hall–Kier alpha value is -0.0336. The summed E-state index contributed by atoms with van der Waals surface area (Å²) in [5.41, 5.74) is -3.29. The van der Waals surface area contributed by atoms with Crippen molar-refractivity contribution in [3.63, 3.8) is 0 Å². The van der Waals surface area contributed by atoms with E-state index in [4.69, 9.17) is 20.4 Å². The second kappa shape index (κ2) is 6.53. The van der Waals surface area contributed by atoms with Gasteiger partial charge in [-0.05, 0) is 0 Å². The van der Waals surface area contributed by atoms with Crippen LogP contribution < -0.4 is 56.5 Å². The molecule has 0 saturated heterocycles. The van der Waals surface area contributed by atoms with Gasteiger partial charge in [0.2, 0.25) is 5.60 Å². The number of aliphatic hydroxyl groups is 2. The number of hydrogen-bond acceptors (Lipinski definition) is 6. The molecule has 0 bridgehead atoms. The predicted octanol–water partition coefficient (Wildman–Crippen LogP) is -6.61. The number of carboxylic acids is 3. The molecule has 0 aromatic heterocycles. The summed E-state index contributed by atoms with van der Waals surface area (Å²) >= 11 is 0. The van der Waals surface area contributed by atoms with E-state index in [-0.39, 0.29) is 51.4 Å². The van der Waals surface area contributed by atoms with Crippen LogP contribution in [0.2, 0.25) is 0 Å². The summed E-state index contributed by atoms with van der Waals surface area (Å²) in [6.45, 7) is 0. The van der Waals surface area contributed by atoms with Crippen LogP contribution in [-0.2, 0) is 14.4 Å². The van der Waals surface area contributed by atoms with Crippen LogP contribution in [0.3, 0.4) is 0 Å². The zero-order valence-corrected chi connectivity index (χ0v) is 10.8. The van der Waals surface area contributed by atoms with E-state index in [2.05, 4.69) is 0 Å². The fourth-order valence-electron chi connectivity index (χ4n) is 0.715. The van der Waals surface area contributed by atoms with E-state index in [0.29, 0.717) is 0 Å². The molecule has 80 valence electrons. The molecule has 0 aromatic carbocycles. The molecule has 0 fully saturated rings. The first-order valence-corrected chi connectivity index (χ1v) is 3.28. The number of carboxylic acid groups (broad SMARTS) is 3. The quantitative estimate of drug-likeness (QED) is 0.349. The summed E-state index contributed by atoms with van der Waals surface area (Å²) in [7, 11) is 0. The zero-order valence-electron chi connectivity index (χ0n) is 7.71. The third-order valence-corrected chi connectivity index (χ3v) is 1.47. The van der Waals surface area contributed by atoms with Crippen molar-refractivity contribution in [3.05, 3.63) is 0 Å². The van der Waals surface area contributed by atoms with Gasteiger partial charge in [0.05, 0.1) is 12.4 Å². The van der Waals surface area contributed by atoms with Gasteiger partial charge in [-0.2, -0.15) is 0 Å². The second-order valence-corrected chi connectivity index (χ2v) is 2.52. The Kier molecular flexibility index (Phi) is 7.56. The van der Waals surface area contributed by atoms with E-state index < -0.39 is 36.0 Å². The minimum absolute atomic E-state index is 0. The molecule has 2 atom stereocenters. The van der Waals surface area contributed by atoms with Crippen LogP contribution in [0.5, 0.6) is 0 Å². The minimum atomic E-state index is -3.29. The molecule has 0 radical (unpaired) electrons. The van der Waals surface area contributed by atoms with Crippen molar-refractivity contribution in [3.8, 4) is 0 Å². The summed E-state index contributed by atoms with van der Waals surface area (Å²) in [6.07, 6.45) is -4.26. The average molecular weight is 246 g/mol. The Labute approximate surface area is 126 Å². The zero-order chi connectivity index (χ0) is 11.5. The van der Waals surface area contributed by atoms with Crippen molar-refractivity contribution in [2.75, 3.05) is 0 Å². The van der Waals surface area contributed by atoms with E-state index in [1.54, 1.807) is 0 Å². The number of carbonyl (C=O) groups excluding carboxylic acids is 1. The van der Waals surface area contributed by atoms with E-state index in [9.17, 15) is 19.5 Å². The topological polar surface area (TPSA) is 155 Å². The summed E-state index contributed by atoms with van der Waals surface area (Å²) in [4.78, 5) is 30.5. The van der Waals surface area contributed by atoms with E-state index in [1.165, 1.54) is 0 Å². The van der Waals surface area contributed by atoms with Crippen molar-refractivity contribution >= 4 is 17.9 Å². The standard InChI is InChI=1S/C6H8O8.K/c7-2(8)1-6(14,5(12)13)3(9)4(10)11;/h3,9,14H,1H2,(H,7,8)(H,10,11)(H,12,13);/q;+1/p-1. The normalized spacial score (nSPS) is 15.6. The molecule has 0 spiro atoms. The Bertz CT molecular complexity index is 276. The molecule has 0 rings (SSSR count).